The van der Waals surface area contributed by atoms with E-state index in [0.717, 1.165) is 24.9 Å². The number of aromatic amines is 1. The van der Waals surface area contributed by atoms with Gasteiger partial charge in [0.2, 0.25) is 5.91 Å². The van der Waals surface area contributed by atoms with Gasteiger partial charge in [0, 0.05) is 30.1 Å². The van der Waals surface area contributed by atoms with E-state index in [2.05, 4.69) is 65.9 Å². The molecule has 0 bridgehead atoms. The van der Waals surface area contributed by atoms with Gasteiger partial charge >= 0.3 is 0 Å². The molecule has 3 rings (SSSR count). The first-order valence-corrected chi connectivity index (χ1v) is 8.64. The minimum atomic E-state index is 0.128. The number of aromatic nitrogens is 1. The SMILES string of the molecule is CCCNC(=O)CC(Cc1ccccc1)c1c[nH]c2ccccc12. The first kappa shape index (κ1) is 16.3. The molecule has 1 heterocycles. The molecule has 24 heavy (non-hydrogen) atoms. The van der Waals surface area contributed by atoms with Gasteiger partial charge in [0.05, 0.1) is 0 Å². The van der Waals surface area contributed by atoms with Crippen LogP contribution in [0.4, 0.5) is 0 Å². The quantitative estimate of drug-likeness (QED) is 0.665. The lowest BCUT2D eigenvalue weighted by Gasteiger charge is -2.17. The molecule has 0 saturated heterocycles. The van der Waals surface area contributed by atoms with Crippen LogP contribution in [0.25, 0.3) is 10.9 Å². The van der Waals surface area contributed by atoms with Crippen molar-refractivity contribution >= 4 is 16.8 Å². The third kappa shape index (κ3) is 3.85. The summed E-state index contributed by atoms with van der Waals surface area (Å²) in [7, 11) is 0. The van der Waals surface area contributed by atoms with Crippen molar-refractivity contribution in [2.24, 2.45) is 0 Å². The van der Waals surface area contributed by atoms with E-state index in [9.17, 15) is 4.79 Å². The Morgan fingerprint density at radius 1 is 1.08 bits per heavy atom. The number of rotatable bonds is 7. The zero-order valence-corrected chi connectivity index (χ0v) is 14.1. The molecule has 3 heteroatoms. The standard InChI is InChI=1S/C21H24N2O/c1-2-12-22-21(24)14-17(13-16-8-4-3-5-9-16)19-15-23-20-11-7-6-10-18(19)20/h3-11,15,17,23H,2,12-14H2,1H3,(H,22,24). The van der Waals surface area contributed by atoms with Crippen LogP contribution in [0.2, 0.25) is 0 Å². The summed E-state index contributed by atoms with van der Waals surface area (Å²) in [6, 6.07) is 18.7. The van der Waals surface area contributed by atoms with Crippen molar-refractivity contribution in [3.63, 3.8) is 0 Å². The highest BCUT2D eigenvalue weighted by molar-refractivity contribution is 5.85. The number of hydrogen-bond donors (Lipinski definition) is 2. The van der Waals surface area contributed by atoms with Gasteiger partial charge in [0.15, 0.2) is 0 Å². The molecular formula is C21H24N2O. The Bertz CT molecular complexity index is 792. The average molecular weight is 320 g/mol. The fourth-order valence-electron chi connectivity index (χ4n) is 3.18. The van der Waals surface area contributed by atoms with Crippen molar-refractivity contribution in [3.05, 3.63) is 71.9 Å². The number of carbonyl (C=O) groups excluding carboxylic acids is 1. The normalized spacial score (nSPS) is 12.2. The van der Waals surface area contributed by atoms with Crippen LogP contribution in [-0.2, 0) is 11.2 Å². The number of carbonyl (C=O) groups is 1. The summed E-state index contributed by atoms with van der Waals surface area (Å²) in [5, 5.41) is 4.22. The third-order valence-electron chi connectivity index (χ3n) is 4.39. The van der Waals surface area contributed by atoms with Crippen LogP contribution in [0.3, 0.4) is 0 Å². The summed E-state index contributed by atoms with van der Waals surface area (Å²) in [5.74, 6) is 0.295. The summed E-state index contributed by atoms with van der Waals surface area (Å²) >= 11 is 0. The summed E-state index contributed by atoms with van der Waals surface area (Å²) in [4.78, 5) is 15.7. The number of amides is 1. The van der Waals surface area contributed by atoms with Crippen LogP contribution in [0.1, 0.15) is 36.8 Å². The Hall–Kier alpha value is -2.55. The third-order valence-corrected chi connectivity index (χ3v) is 4.39. The lowest BCUT2D eigenvalue weighted by atomic mass is 9.88. The molecule has 1 atom stereocenters. The maximum atomic E-state index is 12.3. The highest BCUT2D eigenvalue weighted by Crippen LogP contribution is 2.30. The first-order chi connectivity index (χ1) is 11.8. The minimum Gasteiger partial charge on any atom is -0.361 e. The predicted octanol–water partition coefficient (Wildman–Crippen LogP) is 4.41. The minimum absolute atomic E-state index is 0.128. The number of fused-ring (bicyclic) bond motifs is 1. The van der Waals surface area contributed by atoms with E-state index in [4.69, 9.17) is 0 Å². The van der Waals surface area contributed by atoms with Crippen molar-refractivity contribution in [3.8, 4) is 0 Å². The Labute approximate surface area is 143 Å². The van der Waals surface area contributed by atoms with Gasteiger partial charge in [-0.25, -0.2) is 0 Å². The van der Waals surface area contributed by atoms with E-state index in [-0.39, 0.29) is 11.8 Å². The van der Waals surface area contributed by atoms with Crippen molar-refractivity contribution in [2.45, 2.75) is 32.1 Å². The van der Waals surface area contributed by atoms with Crippen LogP contribution in [0.5, 0.6) is 0 Å². The van der Waals surface area contributed by atoms with Crippen LogP contribution in [-0.4, -0.2) is 17.4 Å². The van der Waals surface area contributed by atoms with Crippen LogP contribution in [0.15, 0.2) is 60.8 Å². The van der Waals surface area contributed by atoms with Gasteiger partial charge in [0.25, 0.3) is 0 Å². The molecule has 1 aromatic heterocycles. The zero-order chi connectivity index (χ0) is 16.8. The molecular weight excluding hydrogens is 296 g/mol. The monoisotopic (exact) mass is 320 g/mol. The molecule has 0 aliphatic rings. The van der Waals surface area contributed by atoms with Crippen LogP contribution < -0.4 is 5.32 Å². The molecule has 1 unspecified atom stereocenters. The summed E-state index contributed by atoms with van der Waals surface area (Å²) in [6.07, 6.45) is 4.40. The molecule has 0 fully saturated rings. The van der Waals surface area contributed by atoms with Crippen molar-refractivity contribution in [1.82, 2.24) is 10.3 Å². The van der Waals surface area contributed by atoms with Crippen molar-refractivity contribution in [1.29, 1.82) is 0 Å². The summed E-state index contributed by atoms with van der Waals surface area (Å²) in [6.45, 7) is 2.81. The van der Waals surface area contributed by atoms with Gasteiger partial charge in [-0.3, -0.25) is 4.79 Å². The Kier molecular flexibility index (Phi) is 5.32. The maximum absolute atomic E-state index is 12.3. The number of benzene rings is 2. The summed E-state index contributed by atoms with van der Waals surface area (Å²) in [5.41, 5.74) is 3.61. The second-order valence-corrected chi connectivity index (χ2v) is 6.23. The van der Waals surface area contributed by atoms with Crippen LogP contribution in [0, 0.1) is 0 Å². The second-order valence-electron chi connectivity index (χ2n) is 6.23. The molecule has 2 N–H and O–H groups in total. The molecule has 3 nitrogen and oxygen atoms in total. The molecule has 124 valence electrons. The van der Waals surface area contributed by atoms with Gasteiger partial charge in [0.1, 0.15) is 0 Å². The topological polar surface area (TPSA) is 44.9 Å². The predicted molar refractivity (Wildman–Crippen MR) is 99.1 cm³/mol. The molecule has 0 saturated carbocycles. The second kappa shape index (κ2) is 7.82. The highest BCUT2D eigenvalue weighted by atomic mass is 16.1. The average Bonchev–Trinajstić information content (AvgIpc) is 3.04. The van der Waals surface area contributed by atoms with Gasteiger partial charge in [-0.15, -0.1) is 0 Å². The van der Waals surface area contributed by atoms with Gasteiger partial charge < -0.3 is 10.3 Å². The van der Waals surface area contributed by atoms with Gasteiger partial charge in [-0.1, -0.05) is 55.5 Å². The lowest BCUT2D eigenvalue weighted by molar-refractivity contribution is -0.121. The molecule has 0 radical (unpaired) electrons. The molecule has 0 aliphatic heterocycles. The lowest BCUT2D eigenvalue weighted by Crippen LogP contribution is -2.26. The van der Waals surface area contributed by atoms with Gasteiger partial charge in [-0.05, 0) is 36.0 Å². The van der Waals surface area contributed by atoms with Crippen molar-refractivity contribution < 1.29 is 4.79 Å². The first-order valence-electron chi connectivity index (χ1n) is 8.64. The molecule has 0 spiro atoms. The molecule has 2 aromatic carbocycles. The van der Waals surface area contributed by atoms with E-state index in [0.29, 0.717) is 6.42 Å². The number of para-hydroxylation sites is 1. The molecule has 3 aromatic rings. The Balaban J connectivity index is 1.87. The largest absolute Gasteiger partial charge is 0.361 e. The van der Waals surface area contributed by atoms with Crippen LogP contribution >= 0.6 is 0 Å². The van der Waals surface area contributed by atoms with E-state index >= 15 is 0 Å². The van der Waals surface area contributed by atoms with E-state index < -0.39 is 0 Å². The maximum Gasteiger partial charge on any atom is 0.220 e. The van der Waals surface area contributed by atoms with Crippen molar-refractivity contribution in [2.75, 3.05) is 6.54 Å². The number of nitrogens with one attached hydrogen (secondary N) is 2. The smallest absolute Gasteiger partial charge is 0.220 e. The van der Waals surface area contributed by atoms with E-state index in [1.165, 1.54) is 16.5 Å². The van der Waals surface area contributed by atoms with Gasteiger partial charge in [-0.2, -0.15) is 0 Å². The Morgan fingerprint density at radius 2 is 1.83 bits per heavy atom. The molecule has 0 aliphatic carbocycles. The Morgan fingerprint density at radius 3 is 2.62 bits per heavy atom. The zero-order valence-electron chi connectivity index (χ0n) is 14.1. The number of hydrogen-bond acceptors (Lipinski definition) is 1. The molecule has 1 amide bonds. The summed E-state index contributed by atoms with van der Waals surface area (Å²) < 4.78 is 0. The fourth-order valence-corrected chi connectivity index (χ4v) is 3.18. The van der Waals surface area contributed by atoms with E-state index in [1.54, 1.807) is 0 Å². The number of H-pyrrole nitrogens is 1. The highest BCUT2D eigenvalue weighted by Gasteiger charge is 2.19. The fraction of sp³-hybridized carbons (Fsp3) is 0.286. The van der Waals surface area contributed by atoms with E-state index in [1.807, 2.05) is 12.1 Å².